The maximum Gasteiger partial charge on any atom is 0.347 e. The SMILES string of the molecule is CCCN(C(=O)Cn1ncc2c(=O)oc3ccccc3c21)c1ccc(F)cc1. The lowest BCUT2D eigenvalue weighted by molar-refractivity contribution is -0.119. The van der Waals surface area contributed by atoms with Crippen molar-refractivity contribution in [3.8, 4) is 0 Å². The Labute approximate surface area is 159 Å². The van der Waals surface area contributed by atoms with Gasteiger partial charge in [0.2, 0.25) is 5.91 Å². The standard InChI is InChI=1S/C21H18FN3O3/c1-2-11-24(15-9-7-14(22)8-10-15)19(26)13-25-20-16-5-3-4-6-18(16)28-21(27)17(20)12-23-25/h3-10,12H,2,11,13H2,1H3. The number of amides is 1. The normalized spacial score (nSPS) is 11.2. The van der Waals surface area contributed by atoms with Gasteiger partial charge in [-0.2, -0.15) is 5.10 Å². The maximum atomic E-state index is 13.2. The van der Waals surface area contributed by atoms with Gasteiger partial charge < -0.3 is 9.32 Å². The van der Waals surface area contributed by atoms with E-state index in [1.54, 1.807) is 29.2 Å². The van der Waals surface area contributed by atoms with Gasteiger partial charge in [0.15, 0.2) is 0 Å². The number of anilines is 1. The van der Waals surface area contributed by atoms with E-state index >= 15 is 0 Å². The number of benzene rings is 2. The van der Waals surface area contributed by atoms with Crippen LogP contribution in [0.25, 0.3) is 21.9 Å². The van der Waals surface area contributed by atoms with Crippen LogP contribution in [0.1, 0.15) is 13.3 Å². The minimum Gasteiger partial charge on any atom is -0.422 e. The fourth-order valence-electron chi connectivity index (χ4n) is 3.30. The van der Waals surface area contributed by atoms with Crippen molar-refractivity contribution >= 4 is 33.5 Å². The number of hydrogen-bond donors (Lipinski definition) is 0. The smallest absolute Gasteiger partial charge is 0.347 e. The molecule has 0 aliphatic rings. The first-order valence-corrected chi connectivity index (χ1v) is 9.02. The van der Waals surface area contributed by atoms with E-state index in [4.69, 9.17) is 4.42 Å². The van der Waals surface area contributed by atoms with E-state index in [9.17, 15) is 14.0 Å². The summed E-state index contributed by atoms with van der Waals surface area (Å²) in [7, 11) is 0. The highest BCUT2D eigenvalue weighted by Crippen LogP contribution is 2.23. The van der Waals surface area contributed by atoms with Gasteiger partial charge in [-0.25, -0.2) is 9.18 Å². The molecule has 0 aliphatic carbocycles. The molecule has 0 spiro atoms. The third kappa shape index (κ3) is 3.15. The molecule has 0 radical (unpaired) electrons. The minimum atomic E-state index is -0.489. The van der Waals surface area contributed by atoms with Gasteiger partial charge >= 0.3 is 5.63 Å². The van der Waals surface area contributed by atoms with Crippen LogP contribution in [0.15, 0.2) is 63.9 Å². The molecule has 2 heterocycles. The molecule has 0 fully saturated rings. The first-order chi connectivity index (χ1) is 13.6. The Morgan fingerprint density at radius 1 is 1.14 bits per heavy atom. The number of rotatable bonds is 5. The highest BCUT2D eigenvalue weighted by atomic mass is 19.1. The third-order valence-electron chi connectivity index (χ3n) is 4.58. The van der Waals surface area contributed by atoms with Gasteiger partial charge in [-0.3, -0.25) is 9.48 Å². The summed E-state index contributed by atoms with van der Waals surface area (Å²) in [5.41, 5.74) is 1.14. The van der Waals surface area contributed by atoms with Crippen molar-refractivity contribution in [2.45, 2.75) is 19.9 Å². The number of carbonyl (C=O) groups is 1. The molecular formula is C21H18FN3O3. The average molecular weight is 379 g/mol. The fraction of sp³-hybridized carbons (Fsp3) is 0.190. The van der Waals surface area contributed by atoms with Crippen LogP contribution in [0.5, 0.6) is 0 Å². The Bertz CT molecular complexity index is 1210. The molecule has 4 aromatic rings. The molecule has 0 aliphatic heterocycles. The summed E-state index contributed by atoms with van der Waals surface area (Å²) in [6.07, 6.45) is 2.17. The van der Waals surface area contributed by atoms with Crippen LogP contribution in [-0.2, 0) is 11.3 Å². The lowest BCUT2D eigenvalue weighted by Crippen LogP contribution is -2.34. The zero-order chi connectivity index (χ0) is 19.7. The highest BCUT2D eigenvalue weighted by Gasteiger charge is 2.19. The van der Waals surface area contributed by atoms with Gasteiger partial charge in [-0.1, -0.05) is 19.1 Å². The zero-order valence-electron chi connectivity index (χ0n) is 15.3. The summed E-state index contributed by atoms with van der Waals surface area (Å²) in [5.74, 6) is -0.556. The summed E-state index contributed by atoms with van der Waals surface area (Å²) in [5, 5.41) is 5.29. The van der Waals surface area contributed by atoms with Crippen LogP contribution in [-0.4, -0.2) is 22.2 Å². The topological polar surface area (TPSA) is 68.3 Å². The van der Waals surface area contributed by atoms with Crippen molar-refractivity contribution in [3.05, 3.63) is 71.0 Å². The Hall–Kier alpha value is -3.48. The van der Waals surface area contributed by atoms with Crippen LogP contribution in [0.4, 0.5) is 10.1 Å². The number of halogens is 1. The Morgan fingerprint density at radius 3 is 2.64 bits per heavy atom. The number of carbonyl (C=O) groups excluding carboxylic acids is 1. The van der Waals surface area contributed by atoms with E-state index < -0.39 is 5.63 Å². The van der Waals surface area contributed by atoms with E-state index in [0.717, 1.165) is 6.42 Å². The van der Waals surface area contributed by atoms with Gasteiger partial charge in [-0.15, -0.1) is 0 Å². The van der Waals surface area contributed by atoms with Crippen LogP contribution in [0.3, 0.4) is 0 Å². The molecule has 2 aromatic heterocycles. The van der Waals surface area contributed by atoms with Crippen LogP contribution < -0.4 is 10.5 Å². The molecule has 0 bridgehead atoms. The largest absolute Gasteiger partial charge is 0.422 e. The van der Waals surface area contributed by atoms with Gasteiger partial charge in [0.25, 0.3) is 0 Å². The zero-order valence-corrected chi connectivity index (χ0v) is 15.3. The number of hydrogen-bond acceptors (Lipinski definition) is 4. The van der Waals surface area contributed by atoms with Crippen molar-refractivity contribution in [2.24, 2.45) is 0 Å². The minimum absolute atomic E-state index is 0.0473. The summed E-state index contributed by atoms with van der Waals surface area (Å²) >= 11 is 0. The van der Waals surface area contributed by atoms with Crippen molar-refractivity contribution in [3.63, 3.8) is 0 Å². The van der Waals surface area contributed by atoms with Crippen molar-refractivity contribution in [1.82, 2.24) is 9.78 Å². The van der Waals surface area contributed by atoms with E-state index in [1.807, 2.05) is 19.1 Å². The first kappa shape index (κ1) is 17.9. The van der Waals surface area contributed by atoms with Crippen molar-refractivity contribution < 1.29 is 13.6 Å². The van der Waals surface area contributed by atoms with E-state index in [-0.39, 0.29) is 18.3 Å². The second kappa shape index (κ2) is 7.26. The van der Waals surface area contributed by atoms with Crippen LogP contribution in [0, 0.1) is 5.82 Å². The number of para-hydroxylation sites is 1. The molecule has 0 atom stereocenters. The molecule has 0 unspecified atom stereocenters. The Balaban J connectivity index is 1.75. The highest BCUT2D eigenvalue weighted by molar-refractivity contribution is 6.03. The summed E-state index contributed by atoms with van der Waals surface area (Å²) in [6.45, 7) is 2.41. The Morgan fingerprint density at radius 2 is 1.89 bits per heavy atom. The predicted octanol–water partition coefficient (Wildman–Crippen LogP) is 3.73. The molecule has 0 saturated carbocycles. The molecule has 142 valence electrons. The van der Waals surface area contributed by atoms with Crippen LogP contribution >= 0.6 is 0 Å². The second-order valence-electron chi connectivity index (χ2n) is 6.47. The molecule has 7 heteroatoms. The number of aromatic nitrogens is 2. The average Bonchev–Trinajstić information content (AvgIpc) is 3.11. The molecule has 0 saturated heterocycles. The molecule has 2 aromatic carbocycles. The van der Waals surface area contributed by atoms with Crippen molar-refractivity contribution in [2.75, 3.05) is 11.4 Å². The monoisotopic (exact) mass is 379 g/mol. The van der Waals surface area contributed by atoms with E-state index in [1.165, 1.54) is 23.0 Å². The molecule has 4 rings (SSSR count). The summed E-state index contributed by atoms with van der Waals surface area (Å²) in [6, 6.07) is 13.0. The van der Waals surface area contributed by atoms with Crippen LogP contribution in [0.2, 0.25) is 0 Å². The summed E-state index contributed by atoms with van der Waals surface area (Å²) in [4.78, 5) is 26.8. The summed E-state index contributed by atoms with van der Waals surface area (Å²) < 4.78 is 20.1. The Kier molecular flexibility index (Phi) is 4.65. The van der Waals surface area contributed by atoms with Gasteiger partial charge in [0.05, 0.1) is 11.7 Å². The molecular weight excluding hydrogens is 361 g/mol. The lowest BCUT2D eigenvalue weighted by Gasteiger charge is -2.22. The van der Waals surface area contributed by atoms with Gasteiger partial charge in [0, 0.05) is 17.6 Å². The van der Waals surface area contributed by atoms with E-state index in [2.05, 4.69) is 5.10 Å². The molecule has 6 nitrogen and oxygen atoms in total. The van der Waals surface area contributed by atoms with Gasteiger partial charge in [0.1, 0.15) is 23.3 Å². The second-order valence-corrected chi connectivity index (χ2v) is 6.47. The quantitative estimate of drug-likeness (QED) is 0.496. The van der Waals surface area contributed by atoms with Gasteiger partial charge in [-0.05, 0) is 42.8 Å². The maximum absolute atomic E-state index is 13.2. The molecule has 28 heavy (non-hydrogen) atoms. The fourth-order valence-corrected chi connectivity index (χ4v) is 3.30. The molecule has 1 amide bonds. The predicted molar refractivity (Wildman–Crippen MR) is 105 cm³/mol. The lowest BCUT2D eigenvalue weighted by atomic mass is 10.2. The number of fused-ring (bicyclic) bond motifs is 3. The first-order valence-electron chi connectivity index (χ1n) is 9.02. The third-order valence-corrected chi connectivity index (χ3v) is 4.58. The van der Waals surface area contributed by atoms with E-state index in [0.29, 0.717) is 34.1 Å². The molecule has 0 N–H and O–H groups in total. The van der Waals surface area contributed by atoms with Crippen molar-refractivity contribution in [1.29, 1.82) is 0 Å². The number of nitrogens with zero attached hydrogens (tertiary/aromatic N) is 3.